The van der Waals surface area contributed by atoms with Gasteiger partial charge in [-0.1, -0.05) is 24.6 Å². The molecule has 1 aromatic carbocycles. The van der Waals surface area contributed by atoms with E-state index < -0.39 is 22.5 Å². The Morgan fingerprint density at radius 2 is 1.82 bits per heavy atom. The molecule has 1 aliphatic heterocycles. The van der Waals surface area contributed by atoms with Crippen molar-refractivity contribution in [2.24, 2.45) is 0 Å². The number of fused-ring (bicyclic) bond motifs is 1. The van der Waals surface area contributed by atoms with Crippen molar-refractivity contribution >= 4 is 21.5 Å². The molecule has 0 N–H and O–H groups in total. The van der Waals surface area contributed by atoms with Crippen molar-refractivity contribution in [1.29, 1.82) is 0 Å². The zero-order chi connectivity index (χ0) is 26.3. The fraction of sp³-hybridized carbons (Fsp3) is 0.400. The molecule has 13 heteroatoms. The van der Waals surface area contributed by atoms with Crippen molar-refractivity contribution in [2.45, 2.75) is 38.3 Å². The molecule has 0 bridgehead atoms. The van der Waals surface area contributed by atoms with Gasteiger partial charge in [0.1, 0.15) is 5.65 Å². The predicted octanol–water partition coefficient (Wildman–Crippen LogP) is 3.74. The van der Waals surface area contributed by atoms with Crippen LogP contribution in [0.3, 0.4) is 0 Å². The molecule has 1 aliphatic carbocycles. The summed E-state index contributed by atoms with van der Waals surface area (Å²) in [5.74, 6) is -0.789. The monoisotopic (exact) mass is 543 g/mol. The van der Waals surface area contributed by atoms with Gasteiger partial charge in [0.05, 0.1) is 17.9 Å². The lowest BCUT2D eigenvalue weighted by atomic mass is 9.91. The second-order valence-corrected chi connectivity index (χ2v) is 11.4. The first-order chi connectivity index (χ1) is 18.4. The van der Waals surface area contributed by atoms with E-state index in [9.17, 15) is 17.2 Å². The molecule has 2 aliphatic rings. The number of alkyl halides is 2. The summed E-state index contributed by atoms with van der Waals surface area (Å²) in [5, 5.41) is 7.06. The molecule has 0 spiro atoms. The number of nitrogens with zero attached hydrogens (tertiary/aromatic N) is 7. The van der Waals surface area contributed by atoms with Crippen LogP contribution in [-0.4, -0.2) is 69.4 Å². The van der Waals surface area contributed by atoms with Gasteiger partial charge in [0.2, 0.25) is 5.89 Å². The summed E-state index contributed by atoms with van der Waals surface area (Å²) in [6.45, 7) is 2.38. The third kappa shape index (κ3) is 4.76. The summed E-state index contributed by atoms with van der Waals surface area (Å²) in [6.07, 6.45) is 4.21. The Hall–Kier alpha value is -3.42. The van der Waals surface area contributed by atoms with E-state index in [1.54, 1.807) is 57.5 Å². The Balaban J connectivity index is 1.26. The number of imidazole rings is 1. The molecule has 2 fully saturated rings. The number of hydrogen-bond donors (Lipinski definition) is 0. The Morgan fingerprint density at radius 1 is 1.05 bits per heavy atom. The van der Waals surface area contributed by atoms with Crippen LogP contribution in [0.4, 0.5) is 14.5 Å². The van der Waals surface area contributed by atoms with Crippen LogP contribution in [0, 0.1) is 0 Å². The molecular weight excluding hydrogens is 516 g/mol. The number of para-hydroxylation sites is 1. The third-order valence-electron chi connectivity index (χ3n) is 7.20. The highest BCUT2D eigenvalue weighted by Crippen LogP contribution is 2.29. The van der Waals surface area contributed by atoms with E-state index in [4.69, 9.17) is 4.42 Å². The summed E-state index contributed by atoms with van der Waals surface area (Å²) in [6, 6.07) is 12.9. The van der Waals surface area contributed by atoms with Gasteiger partial charge in [-0.05, 0) is 37.1 Å². The maximum atomic E-state index is 13.9. The minimum absolute atomic E-state index is 0.0300. The molecule has 1 saturated heterocycles. The SMILES string of the molecule is O=S(=O)(N1CCN(C2CCC2)CC1)N(Cc1cn2ccc(-c3nnc(C(F)F)o3)cc2n1)c1ccccc1. The Labute approximate surface area is 218 Å². The lowest BCUT2D eigenvalue weighted by Crippen LogP contribution is -2.56. The van der Waals surface area contributed by atoms with Crippen molar-refractivity contribution in [3.8, 4) is 11.5 Å². The fourth-order valence-electron chi connectivity index (χ4n) is 4.92. The van der Waals surface area contributed by atoms with E-state index in [0.29, 0.717) is 41.7 Å². The average molecular weight is 544 g/mol. The Morgan fingerprint density at radius 3 is 2.47 bits per heavy atom. The van der Waals surface area contributed by atoms with Crippen molar-refractivity contribution in [3.05, 3.63) is 66.4 Å². The van der Waals surface area contributed by atoms with Crippen LogP contribution in [0.2, 0.25) is 0 Å². The fourth-order valence-corrected chi connectivity index (χ4v) is 6.51. The molecule has 0 unspecified atom stereocenters. The summed E-state index contributed by atoms with van der Waals surface area (Å²) in [4.78, 5) is 7.01. The van der Waals surface area contributed by atoms with E-state index >= 15 is 0 Å². The number of benzene rings is 1. The van der Waals surface area contributed by atoms with E-state index in [0.717, 1.165) is 13.1 Å². The van der Waals surface area contributed by atoms with Gasteiger partial charge in [-0.3, -0.25) is 9.21 Å². The highest BCUT2D eigenvalue weighted by molar-refractivity contribution is 7.90. The number of anilines is 1. The van der Waals surface area contributed by atoms with Crippen molar-refractivity contribution < 1.29 is 21.6 Å². The highest BCUT2D eigenvalue weighted by atomic mass is 32.2. The normalized spacial score (nSPS) is 17.8. The van der Waals surface area contributed by atoms with E-state index in [1.807, 2.05) is 6.07 Å². The molecule has 0 atom stereocenters. The molecule has 4 aromatic rings. The van der Waals surface area contributed by atoms with E-state index in [2.05, 4.69) is 20.1 Å². The van der Waals surface area contributed by atoms with Crippen LogP contribution in [0.5, 0.6) is 0 Å². The predicted molar refractivity (Wildman–Crippen MR) is 136 cm³/mol. The lowest BCUT2D eigenvalue weighted by molar-refractivity contribution is 0.0888. The molecule has 200 valence electrons. The number of piperazine rings is 1. The average Bonchev–Trinajstić information content (AvgIpc) is 3.54. The molecule has 6 rings (SSSR count). The van der Waals surface area contributed by atoms with Gasteiger partial charge in [0.15, 0.2) is 0 Å². The first-order valence-electron chi connectivity index (χ1n) is 12.5. The Kier molecular flexibility index (Phi) is 6.58. The smallest absolute Gasteiger partial charge is 0.314 e. The molecule has 0 amide bonds. The second kappa shape index (κ2) is 10.0. The summed E-state index contributed by atoms with van der Waals surface area (Å²) in [7, 11) is -3.82. The molecule has 3 aromatic heterocycles. The number of halogens is 2. The van der Waals surface area contributed by atoms with Gasteiger partial charge >= 0.3 is 16.6 Å². The zero-order valence-corrected chi connectivity index (χ0v) is 21.3. The van der Waals surface area contributed by atoms with Crippen LogP contribution in [0.1, 0.15) is 37.3 Å². The number of hydrogen-bond acceptors (Lipinski definition) is 7. The maximum absolute atomic E-state index is 13.9. The molecule has 10 nitrogen and oxygen atoms in total. The molecule has 4 heterocycles. The van der Waals surface area contributed by atoms with Gasteiger partial charge in [-0.2, -0.15) is 21.5 Å². The minimum Gasteiger partial charge on any atom is -0.415 e. The number of aromatic nitrogens is 4. The van der Waals surface area contributed by atoms with Crippen LogP contribution in [-0.2, 0) is 16.8 Å². The molecule has 1 saturated carbocycles. The molecule has 0 radical (unpaired) electrons. The van der Waals surface area contributed by atoms with Crippen molar-refractivity contribution in [2.75, 3.05) is 30.5 Å². The van der Waals surface area contributed by atoms with Gasteiger partial charge in [0, 0.05) is 50.2 Å². The van der Waals surface area contributed by atoms with Gasteiger partial charge in [0.25, 0.3) is 5.89 Å². The standard InChI is InChI=1S/C25H27F2N7O3S/c26-23(27)25-30-29-24(37-25)18-9-10-32-16-19(28-22(32)15-18)17-34(21-5-2-1-3-6-21)38(35,36)33-13-11-31(12-14-33)20-7-4-8-20/h1-3,5-6,9-10,15-16,20,23H,4,7-8,11-14,17H2. The van der Waals surface area contributed by atoms with Crippen molar-refractivity contribution in [3.63, 3.8) is 0 Å². The number of pyridine rings is 1. The first-order valence-corrected chi connectivity index (χ1v) is 13.9. The molecule has 38 heavy (non-hydrogen) atoms. The zero-order valence-electron chi connectivity index (χ0n) is 20.5. The Bertz CT molecular complexity index is 1510. The number of rotatable bonds is 8. The lowest BCUT2D eigenvalue weighted by Gasteiger charge is -2.43. The van der Waals surface area contributed by atoms with Gasteiger partial charge < -0.3 is 8.82 Å². The summed E-state index contributed by atoms with van der Waals surface area (Å²) in [5.41, 5.74) is 2.01. The largest absolute Gasteiger partial charge is 0.415 e. The minimum atomic E-state index is -3.82. The second-order valence-electron chi connectivity index (χ2n) is 9.53. The van der Waals surface area contributed by atoms with Crippen LogP contribution in [0.25, 0.3) is 17.1 Å². The van der Waals surface area contributed by atoms with E-state index in [1.165, 1.54) is 23.6 Å². The van der Waals surface area contributed by atoms with Gasteiger partial charge in [-0.25, -0.2) is 4.98 Å². The van der Waals surface area contributed by atoms with Gasteiger partial charge in [-0.15, -0.1) is 10.2 Å². The quantitative estimate of drug-likeness (QED) is 0.334. The van der Waals surface area contributed by atoms with Crippen LogP contribution < -0.4 is 4.31 Å². The van der Waals surface area contributed by atoms with E-state index in [-0.39, 0.29) is 12.4 Å². The summed E-state index contributed by atoms with van der Waals surface area (Å²) < 4.78 is 63.2. The first kappa shape index (κ1) is 24.9. The van der Waals surface area contributed by atoms with Crippen LogP contribution in [0.15, 0.2) is 59.3 Å². The van der Waals surface area contributed by atoms with Crippen molar-refractivity contribution in [1.82, 2.24) is 28.8 Å². The maximum Gasteiger partial charge on any atom is 0.314 e. The van der Waals surface area contributed by atoms with Crippen LogP contribution >= 0.6 is 0 Å². The summed E-state index contributed by atoms with van der Waals surface area (Å²) >= 11 is 0. The highest BCUT2D eigenvalue weighted by Gasteiger charge is 2.35. The third-order valence-corrected chi connectivity index (χ3v) is 9.12. The molecular formula is C25H27F2N7O3S. The topological polar surface area (TPSA) is 100 Å².